The number of benzene rings is 3. The van der Waals surface area contributed by atoms with Gasteiger partial charge in [0.15, 0.2) is 0 Å². The highest BCUT2D eigenvalue weighted by molar-refractivity contribution is 9.10. The topological polar surface area (TPSA) is 46.2 Å². The summed E-state index contributed by atoms with van der Waals surface area (Å²) in [6, 6.07) is 18.3. The number of hydrogen-bond acceptors (Lipinski definition) is 2. The Hall–Kier alpha value is -2.55. The first-order valence-electron chi connectivity index (χ1n) is 8.73. The van der Waals surface area contributed by atoms with Crippen molar-refractivity contribution in [2.45, 2.75) is 25.7 Å². The van der Waals surface area contributed by atoms with Crippen LogP contribution in [0, 0.1) is 32.6 Å². The number of hydrogen-bond donors (Lipinski definition) is 1. The molecular formula is C23H20BrNO2S. The Morgan fingerprint density at radius 3 is 2.14 bits per heavy atom. The van der Waals surface area contributed by atoms with E-state index in [-0.39, 0.29) is 4.90 Å². The van der Waals surface area contributed by atoms with E-state index in [1.54, 1.807) is 24.3 Å². The number of anilines is 1. The van der Waals surface area contributed by atoms with Crippen LogP contribution in [0.15, 0.2) is 70.0 Å². The van der Waals surface area contributed by atoms with Gasteiger partial charge in [-0.25, -0.2) is 8.42 Å². The molecule has 0 atom stereocenters. The molecule has 1 N–H and O–H groups in total. The second kappa shape index (κ2) is 8.22. The van der Waals surface area contributed by atoms with Crippen LogP contribution < -0.4 is 4.72 Å². The lowest BCUT2D eigenvalue weighted by Gasteiger charge is -2.14. The highest BCUT2D eigenvalue weighted by Crippen LogP contribution is 2.26. The highest BCUT2D eigenvalue weighted by Gasteiger charge is 2.17. The van der Waals surface area contributed by atoms with Gasteiger partial charge in [0.1, 0.15) is 0 Å². The molecule has 0 aliphatic carbocycles. The lowest BCUT2D eigenvalue weighted by atomic mass is 10.0. The minimum atomic E-state index is -3.71. The van der Waals surface area contributed by atoms with Crippen molar-refractivity contribution < 1.29 is 8.42 Å². The van der Waals surface area contributed by atoms with E-state index in [1.807, 2.05) is 57.2 Å². The molecular weight excluding hydrogens is 434 g/mol. The first-order valence-corrected chi connectivity index (χ1v) is 11.0. The van der Waals surface area contributed by atoms with Gasteiger partial charge in [-0.1, -0.05) is 47.7 Å². The van der Waals surface area contributed by atoms with Gasteiger partial charge in [0.25, 0.3) is 10.0 Å². The average Bonchev–Trinajstić information content (AvgIpc) is 2.64. The van der Waals surface area contributed by atoms with E-state index >= 15 is 0 Å². The summed E-state index contributed by atoms with van der Waals surface area (Å²) in [5.41, 5.74) is 4.84. The summed E-state index contributed by atoms with van der Waals surface area (Å²) in [7, 11) is -3.71. The third kappa shape index (κ3) is 4.64. The molecule has 0 amide bonds. The molecule has 28 heavy (non-hydrogen) atoms. The largest absolute Gasteiger partial charge is 0.278 e. The molecule has 0 aliphatic rings. The number of aryl methyl sites for hydroxylation is 3. The summed E-state index contributed by atoms with van der Waals surface area (Å²) in [5.74, 6) is 6.25. The number of halogens is 1. The summed E-state index contributed by atoms with van der Waals surface area (Å²) in [6.07, 6.45) is 0. The van der Waals surface area contributed by atoms with Crippen LogP contribution >= 0.6 is 15.9 Å². The lowest BCUT2D eigenvalue weighted by molar-refractivity contribution is 0.601. The Balaban J connectivity index is 2.05. The van der Waals surface area contributed by atoms with Crippen LogP contribution in [0.3, 0.4) is 0 Å². The van der Waals surface area contributed by atoms with Gasteiger partial charge in [-0.3, -0.25) is 4.72 Å². The van der Waals surface area contributed by atoms with Gasteiger partial charge < -0.3 is 0 Å². The Bertz CT molecular complexity index is 1190. The quantitative estimate of drug-likeness (QED) is 0.526. The fourth-order valence-corrected chi connectivity index (χ4v) is 4.35. The van der Waals surface area contributed by atoms with Gasteiger partial charge in [-0.15, -0.1) is 0 Å². The van der Waals surface area contributed by atoms with Crippen molar-refractivity contribution in [3.63, 3.8) is 0 Å². The molecule has 142 valence electrons. The van der Waals surface area contributed by atoms with Gasteiger partial charge in [-0.05, 0) is 78.2 Å². The molecule has 5 heteroatoms. The van der Waals surface area contributed by atoms with Crippen molar-refractivity contribution in [2.75, 3.05) is 4.72 Å². The molecule has 0 saturated carbocycles. The van der Waals surface area contributed by atoms with E-state index in [0.717, 1.165) is 26.7 Å². The van der Waals surface area contributed by atoms with E-state index in [1.165, 1.54) is 0 Å². The van der Waals surface area contributed by atoms with E-state index in [0.29, 0.717) is 11.3 Å². The first-order chi connectivity index (χ1) is 13.3. The minimum Gasteiger partial charge on any atom is -0.278 e. The van der Waals surface area contributed by atoms with E-state index in [2.05, 4.69) is 32.5 Å². The van der Waals surface area contributed by atoms with Crippen LogP contribution in [0.1, 0.15) is 27.8 Å². The average molecular weight is 454 g/mol. The summed E-state index contributed by atoms with van der Waals surface area (Å²) in [4.78, 5) is 0.225. The summed E-state index contributed by atoms with van der Waals surface area (Å²) >= 11 is 3.49. The molecule has 0 unspecified atom stereocenters. The van der Waals surface area contributed by atoms with Gasteiger partial charge in [-0.2, -0.15) is 0 Å². The second-order valence-corrected chi connectivity index (χ2v) is 9.19. The van der Waals surface area contributed by atoms with Crippen LogP contribution in [0.2, 0.25) is 0 Å². The zero-order chi connectivity index (χ0) is 20.3. The molecule has 0 aromatic heterocycles. The maximum Gasteiger partial charge on any atom is 0.261 e. The van der Waals surface area contributed by atoms with Crippen molar-refractivity contribution in [2.24, 2.45) is 0 Å². The zero-order valence-corrected chi connectivity index (χ0v) is 18.3. The predicted octanol–water partition coefficient (Wildman–Crippen LogP) is 5.57. The summed E-state index contributed by atoms with van der Waals surface area (Å²) in [5, 5.41) is 0. The number of rotatable bonds is 3. The van der Waals surface area contributed by atoms with Crippen molar-refractivity contribution in [3.05, 3.63) is 93.0 Å². The zero-order valence-electron chi connectivity index (χ0n) is 15.9. The van der Waals surface area contributed by atoms with Crippen LogP contribution in [0.4, 0.5) is 5.69 Å². The molecule has 0 saturated heterocycles. The van der Waals surface area contributed by atoms with Crippen molar-refractivity contribution in [1.82, 2.24) is 0 Å². The van der Waals surface area contributed by atoms with Gasteiger partial charge in [0.05, 0.1) is 10.6 Å². The van der Waals surface area contributed by atoms with Crippen LogP contribution in [-0.2, 0) is 10.0 Å². The van der Waals surface area contributed by atoms with Gasteiger partial charge in [0.2, 0.25) is 0 Å². The van der Waals surface area contributed by atoms with Crippen LogP contribution in [0.25, 0.3) is 0 Å². The molecule has 0 heterocycles. The summed E-state index contributed by atoms with van der Waals surface area (Å²) in [6.45, 7) is 5.77. The molecule has 3 aromatic carbocycles. The third-order valence-corrected chi connectivity index (χ3v) is 6.31. The smallest absolute Gasteiger partial charge is 0.261 e. The number of sulfonamides is 1. The third-order valence-electron chi connectivity index (χ3n) is 4.25. The summed E-state index contributed by atoms with van der Waals surface area (Å²) < 4.78 is 29.4. The Labute approximate surface area is 175 Å². The molecule has 0 radical (unpaired) electrons. The van der Waals surface area contributed by atoms with Gasteiger partial charge in [0, 0.05) is 15.6 Å². The molecule has 0 aliphatic heterocycles. The molecule has 3 rings (SSSR count). The maximum atomic E-state index is 12.9. The minimum absolute atomic E-state index is 0.225. The molecule has 0 spiro atoms. The molecule has 0 bridgehead atoms. The fourth-order valence-electron chi connectivity index (χ4n) is 2.81. The second-order valence-electron chi connectivity index (χ2n) is 6.65. The van der Waals surface area contributed by atoms with Crippen molar-refractivity contribution in [3.8, 4) is 11.8 Å². The first kappa shape index (κ1) is 20.2. The lowest BCUT2D eigenvalue weighted by Crippen LogP contribution is -2.15. The monoisotopic (exact) mass is 453 g/mol. The van der Waals surface area contributed by atoms with Crippen molar-refractivity contribution in [1.29, 1.82) is 0 Å². The molecule has 3 nitrogen and oxygen atoms in total. The van der Waals surface area contributed by atoms with E-state index < -0.39 is 10.0 Å². The Kier molecular flexibility index (Phi) is 5.93. The van der Waals surface area contributed by atoms with Crippen LogP contribution in [0.5, 0.6) is 0 Å². The Morgan fingerprint density at radius 2 is 1.46 bits per heavy atom. The molecule has 0 fully saturated rings. The predicted molar refractivity (Wildman–Crippen MR) is 118 cm³/mol. The highest BCUT2D eigenvalue weighted by atomic mass is 79.9. The normalized spacial score (nSPS) is 10.9. The van der Waals surface area contributed by atoms with Gasteiger partial charge >= 0.3 is 0 Å². The SMILES string of the molecule is Cc1ccc(S(=O)(=O)Nc2c(C)cc(C)cc2C#Cc2ccccc2Br)cc1. The maximum absolute atomic E-state index is 12.9. The van der Waals surface area contributed by atoms with Crippen LogP contribution in [-0.4, -0.2) is 8.42 Å². The van der Waals surface area contributed by atoms with E-state index in [9.17, 15) is 8.42 Å². The molecule has 3 aromatic rings. The fraction of sp³-hybridized carbons (Fsp3) is 0.130. The standard InChI is InChI=1S/C23H20BrNO2S/c1-16-8-12-21(13-9-16)28(26,27)25-23-18(3)14-17(2)15-20(23)11-10-19-6-4-5-7-22(19)24/h4-9,12-15,25H,1-3H3. The number of nitrogens with one attached hydrogen (secondary N) is 1. The van der Waals surface area contributed by atoms with Crippen molar-refractivity contribution >= 4 is 31.6 Å². The van der Waals surface area contributed by atoms with E-state index in [4.69, 9.17) is 0 Å². The Morgan fingerprint density at radius 1 is 0.821 bits per heavy atom.